The Labute approximate surface area is 151 Å². The van der Waals surface area contributed by atoms with Crippen LogP contribution in [0, 0.1) is 0 Å². The summed E-state index contributed by atoms with van der Waals surface area (Å²) in [6.45, 7) is 3.78. The quantitative estimate of drug-likeness (QED) is 0.838. The number of piperidine rings is 2. The molecule has 0 unspecified atom stereocenters. The molecule has 2 fully saturated rings. The first-order valence-corrected chi connectivity index (χ1v) is 9.79. The molecule has 6 nitrogen and oxygen atoms in total. The van der Waals surface area contributed by atoms with E-state index < -0.39 is 0 Å². The molecule has 0 aromatic carbocycles. The Morgan fingerprint density at radius 3 is 2.64 bits per heavy atom. The molecule has 2 aliphatic heterocycles. The first-order valence-electron chi connectivity index (χ1n) is 8.91. The van der Waals surface area contributed by atoms with Gasteiger partial charge >= 0.3 is 0 Å². The lowest BCUT2D eigenvalue weighted by Gasteiger charge is -2.41. The molecule has 134 valence electrons. The molecule has 7 heteroatoms. The van der Waals surface area contributed by atoms with Gasteiger partial charge in [0.25, 0.3) is 11.1 Å². The van der Waals surface area contributed by atoms with E-state index >= 15 is 0 Å². The minimum atomic E-state index is 0.0859. The summed E-state index contributed by atoms with van der Waals surface area (Å²) in [6, 6.07) is 2.32. The summed E-state index contributed by atoms with van der Waals surface area (Å²) in [4.78, 5) is 21.1. The smallest absolute Gasteiger partial charge is 0.273 e. The zero-order valence-corrected chi connectivity index (χ0v) is 15.0. The number of likely N-dealkylation sites (tertiary alicyclic amines) is 2. The normalized spacial score (nSPS) is 20.7. The molecular weight excluding hydrogens is 338 g/mol. The van der Waals surface area contributed by atoms with E-state index in [2.05, 4.69) is 9.88 Å². The molecule has 0 spiro atoms. The predicted octanol–water partition coefficient (Wildman–Crippen LogP) is 2.88. The second-order valence-electron chi connectivity index (χ2n) is 6.69. The van der Waals surface area contributed by atoms with Crippen molar-refractivity contribution >= 4 is 17.2 Å². The van der Waals surface area contributed by atoms with Gasteiger partial charge in [-0.15, -0.1) is 0 Å². The van der Waals surface area contributed by atoms with E-state index in [-0.39, 0.29) is 12.0 Å². The number of aromatic nitrogens is 1. The standard InChI is InChI=1S/C18H23N3O3S/c22-17(14-5-11-23-13-14)21-7-1-15(2-8-21)20-9-3-16(4-10-20)24-18-19-6-12-25-18/h5-6,11-13,15-16H,1-4,7-10H2. The molecule has 0 aliphatic carbocycles. The SMILES string of the molecule is O=C(c1ccoc1)N1CCC(N2CCC(Oc3nccs3)CC2)CC1. The molecule has 2 aromatic rings. The fourth-order valence-corrected chi connectivity index (χ4v) is 4.32. The summed E-state index contributed by atoms with van der Waals surface area (Å²) < 4.78 is 11.0. The summed E-state index contributed by atoms with van der Waals surface area (Å²) >= 11 is 1.56. The number of furan rings is 1. The highest BCUT2D eigenvalue weighted by Crippen LogP contribution is 2.25. The van der Waals surface area contributed by atoms with E-state index in [9.17, 15) is 4.79 Å². The van der Waals surface area contributed by atoms with Crippen LogP contribution >= 0.6 is 11.3 Å². The number of carbonyl (C=O) groups excluding carboxylic acids is 1. The Bertz CT molecular complexity index is 658. The topological polar surface area (TPSA) is 58.8 Å². The molecule has 0 saturated carbocycles. The van der Waals surface area contributed by atoms with Crippen LogP contribution in [0.3, 0.4) is 0 Å². The highest BCUT2D eigenvalue weighted by atomic mass is 32.1. The third kappa shape index (κ3) is 3.88. The lowest BCUT2D eigenvalue weighted by molar-refractivity contribution is 0.0424. The molecule has 25 heavy (non-hydrogen) atoms. The molecule has 4 rings (SSSR count). The fourth-order valence-electron chi connectivity index (χ4n) is 3.77. The van der Waals surface area contributed by atoms with Crippen LogP contribution in [0.5, 0.6) is 5.19 Å². The maximum absolute atomic E-state index is 12.4. The lowest BCUT2D eigenvalue weighted by atomic mass is 9.98. The molecule has 0 radical (unpaired) electrons. The number of thiazole rings is 1. The van der Waals surface area contributed by atoms with E-state index in [1.807, 2.05) is 10.3 Å². The van der Waals surface area contributed by atoms with Crippen molar-refractivity contribution in [2.24, 2.45) is 0 Å². The van der Waals surface area contributed by atoms with Crippen molar-refractivity contribution in [1.29, 1.82) is 0 Å². The molecule has 0 atom stereocenters. The van der Waals surface area contributed by atoms with E-state index in [1.54, 1.807) is 29.9 Å². The van der Waals surface area contributed by atoms with E-state index in [1.165, 1.54) is 6.26 Å². The first kappa shape index (κ1) is 16.6. The second kappa shape index (κ2) is 7.58. The van der Waals surface area contributed by atoms with Crippen molar-refractivity contribution in [2.75, 3.05) is 26.2 Å². The highest BCUT2D eigenvalue weighted by Gasteiger charge is 2.30. The van der Waals surface area contributed by atoms with E-state index in [4.69, 9.17) is 9.15 Å². The van der Waals surface area contributed by atoms with Crippen LogP contribution < -0.4 is 4.74 Å². The summed E-state index contributed by atoms with van der Waals surface area (Å²) in [5.74, 6) is 0.0859. The van der Waals surface area contributed by atoms with Gasteiger partial charge in [0.2, 0.25) is 0 Å². The third-order valence-corrected chi connectivity index (χ3v) is 5.85. The molecule has 4 heterocycles. The number of hydrogen-bond acceptors (Lipinski definition) is 6. The molecule has 2 aliphatic rings. The van der Waals surface area contributed by atoms with Crippen LogP contribution in [0.4, 0.5) is 0 Å². The van der Waals surface area contributed by atoms with Gasteiger partial charge in [0, 0.05) is 43.8 Å². The minimum Gasteiger partial charge on any atom is -0.472 e. The molecule has 2 aromatic heterocycles. The Morgan fingerprint density at radius 2 is 2.00 bits per heavy atom. The van der Waals surface area contributed by atoms with Crippen LogP contribution in [-0.4, -0.2) is 59.0 Å². The zero-order chi connectivity index (χ0) is 17.1. The molecule has 1 amide bonds. The van der Waals surface area contributed by atoms with E-state index in [0.29, 0.717) is 11.6 Å². The van der Waals surface area contributed by atoms with Crippen LogP contribution in [0.25, 0.3) is 0 Å². The van der Waals surface area contributed by atoms with Crippen molar-refractivity contribution in [3.63, 3.8) is 0 Å². The highest BCUT2D eigenvalue weighted by molar-refractivity contribution is 7.11. The van der Waals surface area contributed by atoms with Crippen molar-refractivity contribution in [1.82, 2.24) is 14.8 Å². The second-order valence-corrected chi connectivity index (χ2v) is 7.54. The third-order valence-electron chi connectivity index (χ3n) is 5.19. The van der Waals surface area contributed by atoms with Crippen molar-refractivity contribution in [3.05, 3.63) is 35.7 Å². The zero-order valence-electron chi connectivity index (χ0n) is 14.2. The van der Waals surface area contributed by atoms with Gasteiger partial charge in [-0.05, 0) is 31.7 Å². The number of hydrogen-bond donors (Lipinski definition) is 0. The first-order chi connectivity index (χ1) is 12.3. The Morgan fingerprint density at radius 1 is 1.20 bits per heavy atom. The number of amides is 1. The summed E-state index contributed by atoms with van der Waals surface area (Å²) in [6.07, 6.45) is 9.34. The van der Waals surface area contributed by atoms with Gasteiger partial charge in [0.1, 0.15) is 12.4 Å². The monoisotopic (exact) mass is 361 g/mol. The fraction of sp³-hybridized carbons (Fsp3) is 0.556. The summed E-state index contributed by atoms with van der Waals surface area (Å²) in [5, 5.41) is 2.73. The average molecular weight is 361 g/mol. The Balaban J connectivity index is 1.23. The summed E-state index contributed by atoms with van der Waals surface area (Å²) in [5.41, 5.74) is 0.651. The van der Waals surface area contributed by atoms with Crippen molar-refractivity contribution in [2.45, 2.75) is 37.8 Å². The van der Waals surface area contributed by atoms with Crippen LogP contribution in [0.2, 0.25) is 0 Å². The van der Waals surface area contributed by atoms with Gasteiger partial charge in [-0.25, -0.2) is 4.98 Å². The van der Waals surface area contributed by atoms with Gasteiger partial charge in [-0.1, -0.05) is 11.3 Å². The van der Waals surface area contributed by atoms with Crippen LogP contribution in [-0.2, 0) is 0 Å². The van der Waals surface area contributed by atoms with Gasteiger partial charge in [0.15, 0.2) is 0 Å². The maximum atomic E-state index is 12.4. The number of carbonyl (C=O) groups is 1. The number of rotatable bonds is 4. The van der Waals surface area contributed by atoms with Gasteiger partial charge < -0.3 is 14.1 Å². The molecular formula is C18H23N3O3S. The van der Waals surface area contributed by atoms with Crippen molar-refractivity contribution in [3.8, 4) is 5.19 Å². The molecule has 0 bridgehead atoms. The van der Waals surface area contributed by atoms with Gasteiger partial charge in [-0.2, -0.15) is 0 Å². The Hall–Kier alpha value is -1.86. The van der Waals surface area contributed by atoms with Crippen molar-refractivity contribution < 1.29 is 13.9 Å². The average Bonchev–Trinajstić information content (AvgIpc) is 3.36. The number of ether oxygens (including phenoxy) is 1. The molecule has 2 saturated heterocycles. The lowest BCUT2D eigenvalue weighted by Crippen LogP contribution is -2.50. The summed E-state index contributed by atoms with van der Waals surface area (Å²) in [7, 11) is 0. The van der Waals surface area contributed by atoms with Gasteiger partial charge in [0.05, 0.1) is 11.8 Å². The largest absolute Gasteiger partial charge is 0.472 e. The van der Waals surface area contributed by atoms with Crippen LogP contribution in [0.15, 0.2) is 34.6 Å². The minimum absolute atomic E-state index is 0.0859. The van der Waals surface area contributed by atoms with Crippen LogP contribution in [0.1, 0.15) is 36.0 Å². The predicted molar refractivity (Wildman–Crippen MR) is 95.0 cm³/mol. The number of nitrogens with zero attached hydrogens (tertiary/aromatic N) is 3. The van der Waals surface area contributed by atoms with Gasteiger partial charge in [-0.3, -0.25) is 9.69 Å². The Kier molecular flexibility index (Phi) is 5.03. The van der Waals surface area contributed by atoms with E-state index in [0.717, 1.165) is 57.1 Å². The maximum Gasteiger partial charge on any atom is 0.273 e. The molecule has 0 N–H and O–H groups in total.